The zero-order chi connectivity index (χ0) is 12.5. The van der Waals surface area contributed by atoms with Crippen molar-refractivity contribution in [2.24, 2.45) is 0 Å². The van der Waals surface area contributed by atoms with Crippen molar-refractivity contribution in [2.45, 2.75) is 0 Å². The van der Waals surface area contributed by atoms with Crippen molar-refractivity contribution >= 4 is 27.5 Å². The van der Waals surface area contributed by atoms with Gasteiger partial charge in [0.2, 0.25) is 0 Å². The predicted molar refractivity (Wildman–Crippen MR) is 66.6 cm³/mol. The first-order valence-electron chi connectivity index (χ1n) is 5.04. The fourth-order valence-corrected chi connectivity index (χ4v) is 1.80. The molecule has 1 amide bonds. The van der Waals surface area contributed by atoms with Crippen LogP contribution in [0.5, 0.6) is 0 Å². The van der Waals surface area contributed by atoms with E-state index in [4.69, 9.17) is 0 Å². The first-order valence-corrected chi connectivity index (χ1v) is 5.83. The molecule has 0 spiro atoms. The lowest BCUT2D eigenvalue weighted by atomic mass is 10.3. The van der Waals surface area contributed by atoms with Crippen LogP contribution in [0.2, 0.25) is 0 Å². The van der Waals surface area contributed by atoms with E-state index in [1.807, 2.05) is 0 Å². The third-order valence-electron chi connectivity index (χ3n) is 2.29. The summed E-state index contributed by atoms with van der Waals surface area (Å²) in [6.07, 6.45) is 8.02. The fourth-order valence-electron chi connectivity index (χ4n) is 1.51. The molecule has 0 radical (unpaired) electrons. The molecule has 0 unspecified atom stereocenters. The monoisotopic (exact) mass is 306 g/mol. The number of hydrogen-bond acceptors (Lipinski definition) is 4. The average Bonchev–Trinajstić information content (AvgIpc) is 2.95. The van der Waals surface area contributed by atoms with Crippen molar-refractivity contribution in [3.05, 3.63) is 47.1 Å². The molecule has 1 N–H and O–H groups in total. The second-order valence-corrected chi connectivity index (χ2v) is 4.41. The first-order chi connectivity index (χ1) is 8.74. The molecule has 3 heterocycles. The number of hydrogen-bond donors (Lipinski definition) is 1. The van der Waals surface area contributed by atoms with E-state index in [0.29, 0.717) is 11.2 Å². The molecule has 7 nitrogen and oxygen atoms in total. The molecule has 0 aliphatic carbocycles. The van der Waals surface area contributed by atoms with Crippen LogP contribution in [-0.4, -0.2) is 30.4 Å². The predicted octanol–water partition coefficient (Wildman–Crippen LogP) is 1.07. The largest absolute Gasteiger partial charge is 0.276 e. The van der Waals surface area contributed by atoms with Gasteiger partial charge in [-0.25, -0.2) is 14.9 Å². The minimum Gasteiger partial charge on any atom is -0.267 e. The SMILES string of the molecule is O=C(Nn1cc(Br)cn1)c1cnn2cccnc12. The second-order valence-electron chi connectivity index (χ2n) is 3.49. The van der Waals surface area contributed by atoms with E-state index in [1.54, 1.807) is 30.9 Å². The van der Waals surface area contributed by atoms with Gasteiger partial charge in [-0.15, -0.1) is 0 Å². The number of rotatable bonds is 2. The Hall–Kier alpha value is -2.22. The van der Waals surface area contributed by atoms with Gasteiger partial charge in [0.15, 0.2) is 5.65 Å². The van der Waals surface area contributed by atoms with E-state index >= 15 is 0 Å². The topological polar surface area (TPSA) is 77.1 Å². The van der Waals surface area contributed by atoms with Gasteiger partial charge in [-0.05, 0) is 22.0 Å². The molecule has 0 fully saturated rings. The fraction of sp³-hybridized carbons (Fsp3) is 0. The lowest BCUT2D eigenvalue weighted by Gasteiger charge is -2.02. The first kappa shape index (κ1) is 10.9. The Morgan fingerprint density at radius 1 is 1.33 bits per heavy atom. The number of carbonyl (C=O) groups is 1. The maximum Gasteiger partial charge on any atom is 0.276 e. The van der Waals surface area contributed by atoms with Gasteiger partial charge >= 0.3 is 0 Å². The molecule has 3 aromatic heterocycles. The summed E-state index contributed by atoms with van der Waals surface area (Å²) in [5.74, 6) is -0.320. The summed E-state index contributed by atoms with van der Waals surface area (Å²) in [7, 11) is 0. The van der Waals surface area contributed by atoms with E-state index in [2.05, 4.69) is 36.5 Å². The number of aromatic nitrogens is 5. The normalized spacial score (nSPS) is 10.7. The van der Waals surface area contributed by atoms with Crippen molar-refractivity contribution in [3.63, 3.8) is 0 Å². The van der Waals surface area contributed by atoms with E-state index < -0.39 is 0 Å². The van der Waals surface area contributed by atoms with Gasteiger partial charge in [0.1, 0.15) is 5.56 Å². The third-order valence-corrected chi connectivity index (χ3v) is 2.70. The highest BCUT2D eigenvalue weighted by Crippen LogP contribution is 2.08. The van der Waals surface area contributed by atoms with Crippen LogP contribution in [-0.2, 0) is 0 Å². The summed E-state index contributed by atoms with van der Waals surface area (Å²) in [5, 5.41) is 7.98. The van der Waals surface area contributed by atoms with Gasteiger partial charge in [-0.3, -0.25) is 4.79 Å². The van der Waals surface area contributed by atoms with Crippen molar-refractivity contribution < 1.29 is 4.79 Å². The summed E-state index contributed by atoms with van der Waals surface area (Å²) in [4.78, 5) is 17.4. The maximum absolute atomic E-state index is 12.0. The van der Waals surface area contributed by atoms with E-state index in [-0.39, 0.29) is 5.91 Å². The molecular weight excluding hydrogens is 300 g/mol. The number of amides is 1. The van der Waals surface area contributed by atoms with E-state index in [0.717, 1.165) is 4.47 Å². The molecule has 0 aliphatic heterocycles. The Kier molecular flexibility index (Phi) is 2.56. The average molecular weight is 307 g/mol. The number of fused-ring (bicyclic) bond motifs is 1. The Labute approximate surface area is 110 Å². The van der Waals surface area contributed by atoms with Crippen molar-refractivity contribution in [3.8, 4) is 0 Å². The standard InChI is InChI=1S/C10H7BrN6O/c11-7-4-14-17(6-7)15-10(18)8-5-13-16-3-1-2-12-9(8)16/h1-6H,(H,15,18). The lowest BCUT2D eigenvalue weighted by Crippen LogP contribution is -2.23. The molecule has 90 valence electrons. The minimum atomic E-state index is -0.320. The third kappa shape index (κ3) is 1.86. The highest BCUT2D eigenvalue weighted by Gasteiger charge is 2.13. The van der Waals surface area contributed by atoms with Crippen LogP contribution in [0.4, 0.5) is 0 Å². The Morgan fingerprint density at radius 2 is 2.22 bits per heavy atom. The van der Waals surface area contributed by atoms with E-state index in [1.165, 1.54) is 15.5 Å². The van der Waals surface area contributed by atoms with Gasteiger partial charge < -0.3 is 0 Å². The zero-order valence-electron chi connectivity index (χ0n) is 8.99. The quantitative estimate of drug-likeness (QED) is 0.768. The van der Waals surface area contributed by atoms with Gasteiger partial charge in [0, 0.05) is 12.4 Å². The van der Waals surface area contributed by atoms with Crippen LogP contribution in [0.25, 0.3) is 5.65 Å². The van der Waals surface area contributed by atoms with Crippen LogP contribution < -0.4 is 5.43 Å². The van der Waals surface area contributed by atoms with Crippen molar-refractivity contribution in [2.75, 3.05) is 5.43 Å². The highest BCUT2D eigenvalue weighted by molar-refractivity contribution is 9.10. The molecule has 0 atom stereocenters. The number of nitrogens with one attached hydrogen (secondary N) is 1. The summed E-state index contributed by atoms with van der Waals surface area (Å²) in [6.45, 7) is 0. The van der Waals surface area contributed by atoms with Crippen LogP contribution in [0, 0.1) is 0 Å². The molecule has 18 heavy (non-hydrogen) atoms. The smallest absolute Gasteiger partial charge is 0.267 e. The number of nitrogens with zero attached hydrogens (tertiary/aromatic N) is 5. The molecular formula is C10H7BrN6O. The Morgan fingerprint density at radius 3 is 3.00 bits per heavy atom. The maximum atomic E-state index is 12.0. The van der Waals surface area contributed by atoms with Gasteiger partial charge in [-0.1, -0.05) is 0 Å². The van der Waals surface area contributed by atoms with Crippen LogP contribution >= 0.6 is 15.9 Å². The van der Waals surface area contributed by atoms with Gasteiger partial charge in [0.25, 0.3) is 5.91 Å². The molecule has 8 heteroatoms. The van der Waals surface area contributed by atoms with Gasteiger partial charge in [0.05, 0.1) is 23.1 Å². The zero-order valence-corrected chi connectivity index (χ0v) is 10.6. The van der Waals surface area contributed by atoms with Crippen LogP contribution in [0.3, 0.4) is 0 Å². The summed E-state index contributed by atoms with van der Waals surface area (Å²) < 4.78 is 2.31. The molecule has 0 aromatic carbocycles. The van der Waals surface area contributed by atoms with Crippen molar-refractivity contribution in [1.29, 1.82) is 0 Å². The summed E-state index contributed by atoms with van der Waals surface area (Å²) in [5.41, 5.74) is 3.49. The Balaban J connectivity index is 1.92. The molecule has 0 bridgehead atoms. The van der Waals surface area contributed by atoms with E-state index in [9.17, 15) is 4.79 Å². The van der Waals surface area contributed by atoms with Gasteiger partial charge in [-0.2, -0.15) is 15.0 Å². The Bertz CT molecular complexity index is 718. The van der Waals surface area contributed by atoms with Crippen LogP contribution in [0.1, 0.15) is 10.4 Å². The molecule has 0 saturated heterocycles. The molecule has 3 aromatic rings. The molecule has 3 rings (SSSR count). The number of carbonyl (C=O) groups excluding carboxylic acids is 1. The lowest BCUT2D eigenvalue weighted by molar-refractivity contribution is 0.101. The second kappa shape index (κ2) is 4.22. The van der Waals surface area contributed by atoms with Crippen LogP contribution in [0.15, 0.2) is 41.5 Å². The highest BCUT2D eigenvalue weighted by atomic mass is 79.9. The molecule has 0 aliphatic rings. The van der Waals surface area contributed by atoms with Crippen molar-refractivity contribution in [1.82, 2.24) is 24.5 Å². The minimum absolute atomic E-state index is 0.320. The number of halogens is 1. The molecule has 0 saturated carbocycles. The summed E-state index contributed by atoms with van der Waals surface area (Å²) in [6, 6.07) is 1.74. The summed E-state index contributed by atoms with van der Waals surface area (Å²) >= 11 is 3.25.